The third-order valence-corrected chi connectivity index (χ3v) is 3.43. The second-order valence-electron chi connectivity index (χ2n) is 5.24. The fourth-order valence-corrected chi connectivity index (χ4v) is 2.39. The van der Waals surface area contributed by atoms with E-state index < -0.39 is 6.10 Å². The Morgan fingerprint density at radius 2 is 2.24 bits per heavy atom. The topological polar surface area (TPSA) is 83.5 Å². The van der Waals surface area contributed by atoms with Crippen LogP contribution in [0.15, 0.2) is 35.3 Å². The molecular formula is C16H18N4O. The van der Waals surface area contributed by atoms with Crippen LogP contribution in [0.3, 0.4) is 0 Å². The summed E-state index contributed by atoms with van der Waals surface area (Å²) in [5, 5.41) is 13.6. The lowest BCUT2D eigenvalue weighted by Gasteiger charge is -2.13. The molecule has 4 N–H and O–H groups in total. The molecule has 108 valence electrons. The van der Waals surface area contributed by atoms with E-state index >= 15 is 0 Å². The van der Waals surface area contributed by atoms with E-state index in [-0.39, 0.29) is 0 Å². The number of hydrogen-bond acceptors (Lipinski definition) is 5. The molecule has 0 saturated carbocycles. The molecule has 0 unspecified atom stereocenters. The van der Waals surface area contributed by atoms with Crippen LogP contribution in [0.4, 0.5) is 11.5 Å². The molecule has 5 nitrogen and oxygen atoms in total. The molecule has 0 aliphatic carbocycles. The largest absolute Gasteiger partial charge is 0.392 e. The molecule has 5 heteroatoms. The van der Waals surface area contributed by atoms with Gasteiger partial charge in [-0.15, -0.1) is 0 Å². The summed E-state index contributed by atoms with van der Waals surface area (Å²) in [6, 6.07) is 7.91. The molecule has 21 heavy (non-hydrogen) atoms. The fourth-order valence-electron chi connectivity index (χ4n) is 2.39. The van der Waals surface area contributed by atoms with Gasteiger partial charge in [0, 0.05) is 29.9 Å². The van der Waals surface area contributed by atoms with E-state index in [9.17, 15) is 5.11 Å². The van der Waals surface area contributed by atoms with Crippen LogP contribution in [0.1, 0.15) is 12.5 Å². The molecule has 1 aromatic carbocycles. The summed E-state index contributed by atoms with van der Waals surface area (Å²) in [5.74, 6) is 0.462. The van der Waals surface area contributed by atoms with E-state index in [0.29, 0.717) is 18.9 Å². The molecule has 2 heterocycles. The summed E-state index contributed by atoms with van der Waals surface area (Å²) in [5.41, 5.74) is 9.90. The Labute approximate surface area is 123 Å². The van der Waals surface area contributed by atoms with Crippen LogP contribution in [-0.4, -0.2) is 35.5 Å². The third kappa shape index (κ3) is 2.87. The van der Waals surface area contributed by atoms with Crippen molar-refractivity contribution in [1.82, 2.24) is 4.98 Å². The van der Waals surface area contributed by atoms with Gasteiger partial charge in [-0.3, -0.25) is 4.99 Å². The number of pyridine rings is 1. The maximum atomic E-state index is 9.41. The summed E-state index contributed by atoms with van der Waals surface area (Å²) in [6.45, 7) is 2.92. The third-order valence-electron chi connectivity index (χ3n) is 3.43. The average Bonchev–Trinajstić information content (AvgIpc) is 2.98. The molecule has 1 aliphatic rings. The molecule has 1 atom stereocenters. The van der Waals surface area contributed by atoms with Crippen molar-refractivity contribution in [2.75, 3.05) is 24.1 Å². The summed E-state index contributed by atoms with van der Waals surface area (Å²) < 4.78 is 0. The van der Waals surface area contributed by atoms with E-state index in [0.717, 1.165) is 22.2 Å². The number of nitrogen functional groups attached to an aromatic ring is 1. The molecule has 0 bridgehead atoms. The molecule has 2 aromatic rings. The van der Waals surface area contributed by atoms with Crippen LogP contribution in [0.2, 0.25) is 0 Å². The van der Waals surface area contributed by atoms with Gasteiger partial charge in [0.2, 0.25) is 0 Å². The predicted molar refractivity (Wildman–Crippen MR) is 87.7 cm³/mol. The number of nitrogens with one attached hydrogen (secondary N) is 1. The minimum atomic E-state index is -0.422. The zero-order chi connectivity index (χ0) is 14.8. The summed E-state index contributed by atoms with van der Waals surface area (Å²) in [7, 11) is 0. The Morgan fingerprint density at radius 3 is 2.95 bits per heavy atom. The van der Waals surface area contributed by atoms with Crippen molar-refractivity contribution in [1.29, 1.82) is 0 Å². The zero-order valence-electron chi connectivity index (χ0n) is 11.9. The molecular weight excluding hydrogens is 264 g/mol. The number of aliphatic hydroxyl groups excluding tert-OH is 1. The molecule has 0 amide bonds. The molecule has 1 aromatic heterocycles. The van der Waals surface area contributed by atoms with Gasteiger partial charge in [0.15, 0.2) is 0 Å². The fraction of sp³-hybridized carbons (Fsp3) is 0.250. The number of aliphatic imine (C=N–C) groups is 1. The van der Waals surface area contributed by atoms with Gasteiger partial charge in [-0.1, -0.05) is 12.1 Å². The second-order valence-corrected chi connectivity index (χ2v) is 5.24. The number of nitrogens with zero attached hydrogens (tertiary/aromatic N) is 2. The Balaban J connectivity index is 2.01. The first-order valence-electron chi connectivity index (χ1n) is 6.95. The maximum absolute atomic E-state index is 9.41. The molecule has 0 radical (unpaired) electrons. The van der Waals surface area contributed by atoms with Gasteiger partial charge >= 0.3 is 0 Å². The molecule has 0 spiro atoms. The SMILES string of the molecule is C[C@@H](O)CNc1cc(N)nc2cc(C3=CC=NC3)ccc12. The molecule has 3 rings (SSSR count). The quantitative estimate of drug-likeness (QED) is 0.801. The van der Waals surface area contributed by atoms with Crippen molar-refractivity contribution in [2.45, 2.75) is 13.0 Å². The Morgan fingerprint density at radius 1 is 1.38 bits per heavy atom. The Hall–Kier alpha value is -2.40. The Bertz CT molecular complexity index is 734. The van der Waals surface area contributed by atoms with Crippen LogP contribution < -0.4 is 11.1 Å². The minimum Gasteiger partial charge on any atom is -0.392 e. The number of allylic oxidation sites excluding steroid dienone is 1. The molecule has 0 saturated heterocycles. The standard InChI is InChI=1S/C16H18N4O/c1-10(21)8-19-14-7-16(17)20-15-6-11(2-3-13(14)15)12-4-5-18-9-12/h2-7,10,21H,8-9H2,1H3,(H3,17,19,20)/t10-/m1/s1. The van der Waals surface area contributed by atoms with E-state index in [1.807, 2.05) is 24.4 Å². The number of aromatic nitrogens is 1. The van der Waals surface area contributed by atoms with Gasteiger partial charge in [0.05, 0.1) is 18.2 Å². The average molecular weight is 282 g/mol. The van der Waals surface area contributed by atoms with Crippen LogP contribution in [-0.2, 0) is 0 Å². The van der Waals surface area contributed by atoms with Crippen LogP contribution in [0.5, 0.6) is 0 Å². The first-order chi connectivity index (χ1) is 10.1. The van der Waals surface area contributed by atoms with Crippen molar-refractivity contribution in [3.05, 3.63) is 35.9 Å². The number of benzene rings is 1. The second kappa shape index (κ2) is 5.54. The number of nitrogens with two attached hydrogens (primary N) is 1. The number of hydrogen-bond donors (Lipinski definition) is 3. The smallest absolute Gasteiger partial charge is 0.126 e. The normalized spacial score (nSPS) is 15.2. The zero-order valence-corrected chi connectivity index (χ0v) is 11.9. The van der Waals surface area contributed by atoms with Crippen molar-refractivity contribution in [3.63, 3.8) is 0 Å². The number of aliphatic hydroxyl groups is 1. The van der Waals surface area contributed by atoms with E-state index in [2.05, 4.69) is 21.4 Å². The lowest BCUT2D eigenvalue weighted by Crippen LogP contribution is -2.15. The monoisotopic (exact) mass is 282 g/mol. The molecule has 1 aliphatic heterocycles. The van der Waals surface area contributed by atoms with Crippen molar-refractivity contribution < 1.29 is 5.11 Å². The van der Waals surface area contributed by atoms with Gasteiger partial charge in [-0.2, -0.15) is 0 Å². The van der Waals surface area contributed by atoms with E-state index in [4.69, 9.17) is 5.73 Å². The van der Waals surface area contributed by atoms with Crippen molar-refractivity contribution in [3.8, 4) is 0 Å². The van der Waals surface area contributed by atoms with Gasteiger partial charge in [-0.25, -0.2) is 4.98 Å². The van der Waals surface area contributed by atoms with E-state index in [1.165, 1.54) is 5.57 Å². The molecule has 0 fully saturated rings. The van der Waals surface area contributed by atoms with Gasteiger partial charge < -0.3 is 16.2 Å². The highest BCUT2D eigenvalue weighted by Gasteiger charge is 2.09. The van der Waals surface area contributed by atoms with Gasteiger partial charge in [0.25, 0.3) is 0 Å². The lowest BCUT2D eigenvalue weighted by atomic mass is 10.0. The Kier molecular flexibility index (Phi) is 3.58. The maximum Gasteiger partial charge on any atom is 0.126 e. The first-order valence-corrected chi connectivity index (χ1v) is 6.95. The highest BCUT2D eigenvalue weighted by molar-refractivity contribution is 5.96. The van der Waals surface area contributed by atoms with Crippen LogP contribution in [0.25, 0.3) is 16.5 Å². The summed E-state index contributed by atoms with van der Waals surface area (Å²) in [4.78, 5) is 8.61. The number of fused-ring (bicyclic) bond motifs is 1. The highest BCUT2D eigenvalue weighted by Crippen LogP contribution is 2.28. The van der Waals surface area contributed by atoms with Gasteiger partial charge in [-0.05, 0) is 30.2 Å². The van der Waals surface area contributed by atoms with Crippen molar-refractivity contribution in [2.24, 2.45) is 4.99 Å². The number of rotatable bonds is 4. The summed E-state index contributed by atoms with van der Waals surface area (Å²) in [6.07, 6.45) is 3.41. The number of anilines is 2. The van der Waals surface area contributed by atoms with Gasteiger partial charge in [0.1, 0.15) is 5.82 Å². The first kappa shape index (κ1) is 13.6. The van der Waals surface area contributed by atoms with Crippen LogP contribution in [0, 0.1) is 0 Å². The van der Waals surface area contributed by atoms with Crippen LogP contribution >= 0.6 is 0 Å². The highest BCUT2D eigenvalue weighted by atomic mass is 16.3. The lowest BCUT2D eigenvalue weighted by molar-refractivity contribution is 0.208. The predicted octanol–water partition coefficient (Wildman–Crippen LogP) is 2.08. The van der Waals surface area contributed by atoms with E-state index in [1.54, 1.807) is 13.0 Å². The minimum absolute atomic E-state index is 0.422. The van der Waals surface area contributed by atoms with Crippen molar-refractivity contribution >= 4 is 34.2 Å². The summed E-state index contributed by atoms with van der Waals surface area (Å²) >= 11 is 0.